The Kier molecular flexibility index (Phi) is 4.53. The van der Waals surface area contributed by atoms with E-state index >= 15 is 0 Å². The topological polar surface area (TPSA) is 70.5 Å². The number of pyridine rings is 1. The quantitative estimate of drug-likeness (QED) is 0.927. The fourth-order valence-electron chi connectivity index (χ4n) is 3.09. The van der Waals surface area contributed by atoms with Gasteiger partial charge < -0.3 is 10.0 Å². The number of likely N-dealkylation sites (tertiary alicyclic amines) is 1. The molecule has 24 heavy (non-hydrogen) atoms. The van der Waals surface area contributed by atoms with Crippen LogP contribution < -0.4 is 0 Å². The lowest BCUT2D eigenvalue weighted by molar-refractivity contribution is -0.142. The molecule has 1 aliphatic heterocycles. The van der Waals surface area contributed by atoms with Crippen LogP contribution in [0.25, 0.3) is 11.3 Å². The van der Waals surface area contributed by atoms with E-state index in [-0.39, 0.29) is 11.9 Å². The standard InChI is InChI=1S/C18H17ClN2O3/c1-11-13(18(23)24)7-9-21(11)17(22)14-10-12(5-6-15(14)19)16-4-2-3-8-20-16/h2-6,8,10-11,13H,7,9H2,1H3,(H,23,24). The van der Waals surface area contributed by atoms with Crippen LogP contribution in [0.5, 0.6) is 0 Å². The van der Waals surface area contributed by atoms with Gasteiger partial charge in [0.1, 0.15) is 0 Å². The first kappa shape index (κ1) is 16.5. The number of aromatic nitrogens is 1. The van der Waals surface area contributed by atoms with Crippen molar-refractivity contribution >= 4 is 23.5 Å². The van der Waals surface area contributed by atoms with Crippen LogP contribution >= 0.6 is 11.6 Å². The molecule has 0 saturated carbocycles. The summed E-state index contributed by atoms with van der Waals surface area (Å²) in [5.41, 5.74) is 1.92. The highest BCUT2D eigenvalue weighted by molar-refractivity contribution is 6.34. The second kappa shape index (κ2) is 6.61. The van der Waals surface area contributed by atoms with E-state index in [2.05, 4.69) is 4.98 Å². The Bertz CT molecular complexity index is 779. The van der Waals surface area contributed by atoms with E-state index in [4.69, 9.17) is 11.6 Å². The van der Waals surface area contributed by atoms with E-state index in [9.17, 15) is 14.7 Å². The van der Waals surface area contributed by atoms with Gasteiger partial charge in [-0.3, -0.25) is 14.6 Å². The minimum Gasteiger partial charge on any atom is -0.481 e. The molecule has 0 bridgehead atoms. The summed E-state index contributed by atoms with van der Waals surface area (Å²) in [5.74, 6) is -1.65. The van der Waals surface area contributed by atoms with Crippen LogP contribution in [-0.2, 0) is 4.79 Å². The maximum Gasteiger partial charge on any atom is 0.308 e. The molecule has 0 radical (unpaired) electrons. The number of carboxylic acids is 1. The third-order valence-corrected chi connectivity index (χ3v) is 4.82. The van der Waals surface area contributed by atoms with Crippen molar-refractivity contribution in [2.45, 2.75) is 19.4 Å². The molecule has 2 atom stereocenters. The van der Waals surface area contributed by atoms with Crippen molar-refractivity contribution in [1.29, 1.82) is 0 Å². The lowest BCUT2D eigenvalue weighted by atomic mass is 10.0. The third-order valence-electron chi connectivity index (χ3n) is 4.49. The zero-order chi connectivity index (χ0) is 17.3. The highest BCUT2D eigenvalue weighted by Crippen LogP contribution is 2.30. The van der Waals surface area contributed by atoms with E-state index in [1.807, 2.05) is 24.3 Å². The first-order chi connectivity index (χ1) is 11.5. The molecular weight excluding hydrogens is 328 g/mol. The van der Waals surface area contributed by atoms with Gasteiger partial charge in [0.25, 0.3) is 5.91 Å². The zero-order valence-corrected chi connectivity index (χ0v) is 13.9. The summed E-state index contributed by atoms with van der Waals surface area (Å²) in [7, 11) is 0. The molecule has 0 spiro atoms. The van der Waals surface area contributed by atoms with Crippen LogP contribution in [0.3, 0.4) is 0 Å². The molecule has 1 saturated heterocycles. The molecule has 2 heterocycles. The van der Waals surface area contributed by atoms with Gasteiger partial charge in [0, 0.05) is 24.3 Å². The van der Waals surface area contributed by atoms with Gasteiger partial charge in [-0.05, 0) is 37.6 Å². The van der Waals surface area contributed by atoms with Crippen LogP contribution in [-0.4, -0.2) is 39.5 Å². The number of aliphatic carboxylic acids is 1. The monoisotopic (exact) mass is 344 g/mol. The van der Waals surface area contributed by atoms with Gasteiger partial charge in [0.15, 0.2) is 0 Å². The van der Waals surface area contributed by atoms with Crippen molar-refractivity contribution in [2.24, 2.45) is 5.92 Å². The van der Waals surface area contributed by atoms with Gasteiger partial charge in [0.05, 0.1) is 22.2 Å². The van der Waals surface area contributed by atoms with Crippen molar-refractivity contribution in [2.75, 3.05) is 6.54 Å². The predicted octanol–water partition coefficient (Wildman–Crippen LogP) is 3.34. The highest BCUT2D eigenvalue weighted by Gasteiger charge is 2.38. The molecule has 1 aliphatic rings. The largest absolute Gasteiger partial charge is 0.481 e. The molecule has 3 rings (SSSR count). The molecule has 1 aromatic carbocycles. The Morgan fingerprint density at radius 1 is 1.29 bits per heavy atom. The Morgan fingerprint density at radius 3 is 2.71 bits per heavy atom. The lowest BCUT2D eigenvalue weighted by Crippen LogP contribution is -2.37. The zero-order valence-electron chi connectivity index (χ0n) is 13.1. The van der Waals surface area contributed by atoms with Gasteiger partial charge in [0.2, 0.25) is 0 Å². The van der Waals surface area contributed by atoms with E-state index < -0.39 is 11.9 Å². The average Bonchev–Trinajstić information content (AvgIpc) is 2.97. The smallest absolute Gasteiger partial charge is 0.308 e. The number of carbonyl (C=O) groups is 2. The summed E-state index contributed by atoms with van der Waals surface area (Å²) >= 11 is 6.22. The maximum atomic E-state index is 12.9. The van der Waals surface area contributed by atoms with Crippen molar-refractivity contribution in [3.05, 3.63) is 53.2 Å². The summed E-state index contributed by atoms with van der Waals surface area (Å²) in [6.07, 6.45) is 2.14. The molecule has 2 unspecified atom stereocenters. The van der Waals surface area contributed by atoms with E-state index in [1.54, 1.807) is 30.2 Å². The van der Waals surface area contributed by atoms with Crippen molar-refractivity contribution < 1.29 is 14.7 Å². The fraction of sp³-hybridized carbons (Fsp3) is 0.278. The normalized spacial score (nSPS) is 20.2. The lowest BCUT2D eigenvalue weighted by Gasteiger charge is -2.24. The van der Waals surface area contributed by atoms with Gasteiger partial charge in [-0.25, -0.2) is 0 Å². The summed E-state index contributed by atoms with van der Waals surface area (Å²) in [6, 6.07) is 10.4. The number of carboxylic acid groups (broad SMARTS) is 1. The average molecular weight is 345 g/mol. The van der Waals surface area contributed by atoms with Crippen LogP contribution in [0.4, 0.5) is 0 Å². The van der Waals surface area contributed by atoms with Gasteiger partial charge in [-0.2, -0.15) is 0 Å². The third kappa shape index (κ3) is 2.99. The van der Waals surface area contributed by atoms with Crippen LogP contribution in [0.2, 0.25) is 5.02 Å². The SMILES string of the molecule is CC1C(C(=O)O)CCN1C(=O)c1cc(-c2ccccn2)ccc1Cl. The van der Waals surface area contributed by atoms with Gasteiger partial charge in [-0.15, -0.1) is 0 Å². The maximum absolute atomic E-state index is 12.9. The number of benzene rings is 1. The molecule has 0 aliphatic carbocycles. The Hall–Kier alpha value is -2.40. The molecule has 1 aromatic heterocycles. The molecule has 124 valence electrons. The molecule has 1 N–H and O–H groups in total. The second-order valence-electron chi connectivity index (χ2n) is 5.88. The number of nitrogens with zero attached hydrogens (tertiary/aromatic N) is 2. The Balaban J connectivity index is 1.92. The van der Waals surface area contributed by atoms with Crippen molar-refractivity contribution in [1.82, 2.24) is 9.88 Å². The van der Waals surface area contributed by atoms with Crippen molar-refractivity contribution in [3.63, 3.8) is 0 Å². The Morgan fingerprint density at radius 2 is 2.08 bits per heavy atom. The minimum atomic E-state index is -0.869. The number of halogens is 1. The second-order valence-corrected chi connectivity index (χ2v) is 6.29. The molecule has 6 heteroatoms. The summed E-state index contributed by atoms with van der Waals surface area (Å²) in [6.45, 7) is 2.18. The van der Waals surface area contributed by atoms with Crippen LogP contribution in [0.1, 0.15) is 23.7 Å². The minimum absolute atomic E-state index is 0.242. The van der Waals surface area contributed by atoms with Gasteiger partial charge in [-0.1, -0.05) is 23.7 Å². The number of hydrogen-bond acceptors (Lipinski definition) is 3. The van der Waals surface area contributed by atoms with Gasteiger partial charge >= 0.3 is 5.97 Å². The number of hydrogen-bond donors (Lipinski definition) is 1. The number of amides is 1. The fourth-order valence-corrected chi connectivity index (χ4v) is 3.29. The van der Waals surface area contributed by atoms with Crippen LogP contribution in [0.15, 0.2) is 42.6 Å². The van der Waals surface area contributed by atoms with E-state index in [1.165, 1.54) is 0 Å². The van der Waals surface area contributed by atoms with Crippen LogP contribution in [0, 0.1) is 5.92 Å². The molecule has 1 fully saturated rings. The summed E-state index contributed by atoms with van der Waals surface area (Å²) in [4.78, 5) is 30.0. The van der Waals surface area contributed by atoms with E-state index in [0.717, 1.165) is 11.3 Å². The summed E-state index contributed by atoms with van der Waals surface area (Å²) in [5, 5.41) is 9.58. The Labute approximate surface area is 144 Å². The molecule has 5 nitrogen and oxygen atoms in total. The van der Waals surface area contributed by atoms with Crippen molar-refractivity contribution in [3.8, 4) is 11.3 Å². The molecule has 1 amide bonds. The number of carbonyl (C=O) groups excluding carboxylic acids is 1. The molecule has 2 aromatic rings. The van der Waals surface area contributed by atoms with E-state index in [0.29, 0.717) is 23.6 Å². The first-order valence-corrected chi connectivity index (χ1v) is 8.11. The number of rotatable bonds is 3. The first-order valence-electron chi connectivity index (χ1n) is 7.73. The summed E-state index contributed by atoms with van der Waals surface area (Å²) < 4.78 is 0. The molecular formula is C18H17ClN2O3. The predicted molar refractivity (Wildman–Crippen MR) is 90.9 cm³/mol. The highest BCUT2D eigenvalue weighted by atomic mass is 35.5.